The number of fused-ring (bicyclic) bond motifs is 1. The molecular weight excluding hydrogens is 464 g/mol. The second kappa shape index (κ2) is 9.30. The highest BCUT2D eigenvalue weighted by atomic mass is 16.6. The normalized spacial score (nSPS) is 38.8. The molecule has 0 amide bonds. The zero-order chi connectivity index (χ0) is 26.5. The minimum absolute atomic E-state index is 0.267. The Morgan fingerprint density at radius 1 is 0.972 bits per heavy atom. The van der Waals surface area contributed by atoms with Crippen LogP contribution in [-0.2, 0) is 33.3 Å². The molecule has 1 aromatic rings. The highest BCUT2D eigenvalue weighted by Crippen LogP contribution is 2.67. The summed E-state index contributed by atoms with van der Waals surface area (Å²) in [5.41, 5.74) is -2.23. The van der Waals surface area contributed by atoms with Crippen LogP contribution in [0.3, 0.4) is 0 Å². The molecule has 2 aliphatic carbocycles. The van der Waals surface area contributed by atoms with E-state index in [0.29, 0.717) is 6.42 Å². The van der Waals surface area contributed by atoms with Crippen molar-refractivity contribution in [3.05, 3.63) is 42.0 Å². The van der Waals surface area contributed by atoms with Crippen LogP contribution in [0.2, 0.25) is 0 Å². The van der Waals surface area contributed by atoms with Crippen molar-refractivity contribution in [2.75, 3.05) is 0 Å². The van der Waals surface area contributed by atoms with Gasteiger partial charge >= 0.3 is 17.9 Å². The number of rotatable bonds is 5. The first-order valence-electron chi connectivity index (χ1n) is 12.5. The van der Waals surface area contributed by atoms with E-state index in [1.54, 1.807) is 6.08 Å². The van der Waals surface area contributed by atoms with Gasteiger partial charge in [-0.15, -0.1) is 0 Å². The minimum Gasteiger partial charge on any atom is -0.459 e. The van der Waals surface area contributed by atoms with Gasteiger partial charge in [0, 0.05) is 25.8 Å². The van der Waals surface area contributed by atoms with Crippen LogP contribution in [0, 0.1) is 17.3 Å². The SMILES string of the molecule is CC(=O)O[C@@H]1[C@H]2C[C@H](OC(=O)C=Cc3ccccc3)[C@]3(C)[C@@H](OC(C)=O)[C@@H](O)C[C@@H](C)[C@@]13OC2(C)C. The number of hydrogen-bond acceptors (Lipinski definition) is 8. The van der Waals surface area contributed by atoms with Crippen molar-refractivity contribution in [1.82, 2.24) is 0 Å². The molecule has 1 heterocycles. The van der Waals surface area contributed by atoms with Crippen molar-refractivity contribution in [2.24, 2.45) is 17.3 Å². The molecule has 4 rings (SSSR count). The molecule has 3 aliphatic rings. The van der Waals surface area contributed by atoms with Gasteiger partial charge in [-0.05, 0) is 51.2 Å². The molecule has 1 aromatic carbocycles. The Kier molecular flexibility index (Phi) is 6.81. The summed E-state index contributed by atoms with van der Waals surface area (Å²) in [6.45, 7) is 10.2. The van der Waals surface area contributed by atoms with Crippen molar-refractivity contribution in [3.8, 4) is 0 Å². The number of hydrogen-bond donors (Lipinski definition) is 1. The van der Waals surface area contributed by atoms with Crippen molar-refractivity contribution < 1.29 is 38.4 Å². The highest BCUT2D eigenvalue weighted by molar-refractivity contribution is 5.87. The molecule has 1 aliphatic heterocycles. The van der Waals surface area contributed by atoms with E-state index in [1.165, 1.54) is 19.9 Å². The van der Waals surface area contributed by atoms with Crippen molar-refractivity contribution >= 4 is 24.0 Å². The van der Waals surface area contributed by atoms with Gasteiger partial charge in [0.1, 0.15) is 23.9 Å². The molecule has 0 aromatic heterocycles. The molecule has 1 saturated heterocycles. The Morgan fingerprint density at radius 2 is 1.58 bits per heavy atom. The van der Waals surface area contributed by atoms with Crippen LogP contribution in [0.1, 0.15) is 59.9 Å². The summed E-state index contributed by atoms with van der Waals surface area (Å²) in [5, 5.41) is 11.1. The molecule has 2 bridgehead atoms. The maximum Gasteiger partial charge on any atom is 0.331 e. The van der Waals surface area contributed by atoms with Crippen LogP contribution < -0.4 is 0 Å². The quantitative estimate of drug-likeness (QED) is 0.372. The van der Waals surface area contributed by atoms with Crippen molar-refractivity contribution in [1.29, 1.82) is 0 Å². The molecule has 36 heavy (non-hydrogen) atoms. The monoisotopic (exact) mass is 500 g/mol. The highest BCUT2D eigenvalue weighted by Gasteiger charge is 2.80. The average molecular weight is 501 g/mol. The third-order valence-corrected chi connectivity index (χ3v) is 8.42. The number of benzene rings is 1. The molecule has 1 N–H and O–H groups in total. The van der Waals surface area contributed by atoms with Crippen LogP contribution in [0.5, 0.6) is 0 Å². The van der Waals surface area contributed by atoms with Gasteiger partial charge in [-0.1, -0.05) is 37.3 Å². The predicted molar refractivity (Wildman–Crippen MR) is 130 cm³/mol. The topological polar surface area (TPSA) is 108 Å². The largest absolute Gasteiger partial charge is 0.459 e. The van der Waals surface area contributed by atoms with Gasteiger partial charge in [0.15, 0.2) is 0 Å². The van der Waals surface area contributed by atoms with Crippen LogP contribution in [0.4, 0.5) is 0 Å². The average Bonchev–Trinajstić information content (AvgIpc) is 2.96. The van der Waals surface area contributed by atoms with Gasteiger partial charge in [0.05, 0.1) is 17.1 Å². The summed E-state index contributed by atoms with van der Waals surface area (Å²) in [6.07, 6.45) is 0.130. The van der Waals surface area contributed by atoms with Gasteiger partial charge in [-0.2, -0.15) is 0 Å². The standard InChI is InChI=1S/C28H36O8/c1-16-14-21(31)25(34-18(3)30)27(6)22(35-23(32)13-12-19-10-8-7-9-11-19)15-20-24(33-17(2)29)28(16,27)36-26(20,4)5/h7-13,16,20-22,24-25,31H,14-15H2,1-6H3/t16-,20-,21+,22+,24-,25+,27-,28-/m1/s1. The Labute approximate surface area is 211 Å². The van der Waals surface area contributed by atoms with E-state index >= 15 is 0 Å². The number of aliphatic hydroxyl groups excluding tert-OH is 1. The molecule has 1 spiro atoms. The molecule has 8 atom stereocenters. The lowest BCUT2D eigenvalue weighted by molar-refractivity contribution is -0.305. The van der Waals surface area contributed by atoms with E-state index < -0.39 is 58.9 Å². The predicted octanol–water partition coefficient (Wildman–Crippen LogP) is 3.45. The van der Waals surface area contributed by atoms with E-state index in [-0.39, 0.29) is 18.3 Å². The number of carbonyl (C=O) groups excluding carboxylic acids is 3. The molecule has 3 fully saturated rings. The third-order valence-electron chi connectivity index (χ3n) is 8.42. The Bertz CT molecular complexity index is 1050. The Hall–Kier alpha value is -2.71. The first kappa shape index (κ1) is 26.4. The molecule has 0 unspecified atom stereocenters. The molecule has 8 nitrogen and oxygen atoms in total. The van der Waals surface area contributed by atoms with E-state index in [9.17, 15) is 19.5 Å². The number of ether oxygens (including phenoxy) is 4. The van der Waals surface area contributed by atoms with Gasteiger partial charge in [0.25, 0.3) is 0 Å². The van der Waals surface area contributed by atoms with Crippen LogP contribution in [0.25, 0.3) is 6.08 Å². The summed E-state index contributed by atoms with van der Waals surface area (Å²) >= 11 is 0. The van der Waals surface area contributed by atoms with Crippen molar-refractivity contribution in [2.45, 2.75) is 90.0 Å². The summed E-state index contributed by atoms with van der Waals surface area (Å²) < 4.78 is 24.5. The van der Waals surface area contributed by atoms with Crippen molar-refractivity contribution in [3.63, 3.8) is 0 Å². The number of esters is 3. The lowest BCUT2D eigenvalue weighted by atomic mass is 9.48. The van der Waals surface area contributed by atoms with E-state index in [0.717, 1.165) is 5.56 Å². The Morgan fingerprint density at radius 3 is 2.19 bits per heavy atom. The first-order valence-corrected chi connectivity index (χ1v) is 12.5. The van der Waals surface area contributed by atoms with E-state index in [1.807, 2.05) is 58.0 Å². The Balaban J connectivity index is 1.79. The second-order valence-electron chi connectivity index (χ2n) is 11.1. The zero-order valence-corrected chi connectivity index (χ0v) is 21.7. The lowest BCUT2D eigenvalue weighted by Crippen LogP contribution is -2.75. The van der Waals surface area contributed by atoms with Gasteiger partial charge in [0.2, 0.25) is 0 Å². The minimum atomic E-state index is -1.20. The molecular formula is C28H36O8. The van der Waals surface area contributed by atoms with E-state index in [2.05, 4.69) is 0 Å². The fourth-order valence-electron chi connectivity index (χ4n) is 6.97. The van der Waals surface area contributed by atoms with Gasteiger partial charge < -0.3 is 24.1 Å². The smallest absolute Gasteiger partial charge is 0.331 e. The van der Waals surface area contributed by atoms with Gasteiger partial charge in [-0.3, -0.25) is 9.59 Å². The summed E-state index contributed by atoms with van der Waals surface area (Å²) in [4.78, 5) is 37.4. The first-order chi connectivity index (χ1) is 16.8. The third kappa shape index (κ3) is 4.14. The lowest BCUT2D eigenvalue weighted by Gasteiger charge is -2.62. The van der Waals surface area contributed by atoms with Crippen LogP contribution >= 0.6 is 0 Å². The fourth-order valence-corrected chi connectivity index (χ4v) is 6.97. The molecule has 2 saturated carbocycles. The summed E-state index contributed by atoms with van der Waals surface area (Å²) in [7, 11) is 0. The molecule has 196 valence electrons. The fraction of sp³-hybridized carbons (Fsp3) is 0.607. The van der Waals surface area contributed by atoms with Gasteiger partial charge in [-0.25, -0.2) is 4.79 Å². The maximum absolute atomic E-state index is 13.0. The zero-order valence-electron chi connectivity index (χ0n) is 21.7. The second-order valence-corrected chi connectivity index (χ2v) is 11.1. The number of aliphatic hydroxyl groups is 1. The van der Waals surface area contributed by atoms with Crippen LogP contribution in [0.15, 0.2) is 36.4 Å². The van der Waals surface area contributed by atoms with E-state index in [4.69, 9.17) is 18.9 Å². The number of carbonyl (C=O) groups is 3. The van der Waals surface area contributed by atoms with Crippen LogP contribution in [-0.4, -0.2) is 58.6 Å². The summed E-state index contributed by atoms with van der Waals surface area (Å²) in [6, 6.07) is 9.38. The maximum atomic E-state index is 13.0. The summed E-state index contributed by atoms with van der Waals surface area (Å²) in [5.74, 6) is -2.14. The molecule has 8 heteroatoms. The molecule has 0 radical (unpaired) electrons.